The first-order valence-corrected chi connectivity index (χ1v) is 12.0. The average Bonchev–Trinajstić information content (AvgIpc) is 2.83. The first-order chi connectivity index (χ1) is 16.3. The van der Waals surface area contributed by atoms with E-state index in [4.69, 9.17) is 21.1 Å². The van der Waals surface area contributed by atoms with Gasteiger partial charge >= 0.3 is 0 Å². The molecule has 0 saturated heterocycles. The molecule has 0 aliphatic rings. The molecule has 0 spiro atoms. The molecule has 178 valence electrons. The zero-order valence-electron chi connectivity index (χ0n) is 18.9. The quantitative estimate of drug-likeness (QED) is 0.353. The molecule has 0 atom stereocenters. The van der Waals surface area contributed by atoms with Crippen molar-refractivity contribution in [3.05, 3.63) is 82.9 Å². The fourth-order valence-corrected chi connectivity index (χ4v) is 4.67. The summed E-state index contributed by atoms with van der Waals surface area (Å²) in [6.45, 7) is 1.38. The van der Waals surface area contributed by atoms with Gasteiger partial charge in [0, 0.05) is 16.7 Å². The summed E-state index contributed by atoms with van der Waals surface area (Å²) >= 11 is 6.08. The molecular formula is C24H24ClN3O5S. The van der Waals surface area contributed by atoms with Crippen LogP contribution in [0.4, 0.5) is 5.69 Å². The van der Waals surface area contributed by atoms with Crippen LogP contribution in [-0.2, 0) is 14.8 Å². The Hall–Kier alpha value is -3.56. The zero-order valence-corrected chi connectivity index (χ0v) is 20.4. The molecule has 0 aromatic heterocycles. The number of hydrogen-bond donors (Lipinski definition) is 1. The maximum absolute atomic E-state index is 13.6. The number of rotatable bonds is 9. The van der Waals surface area contributed by atoms with E-state index in [-0.39, 0.29) is 10.6 Å². The summed E-state index contributed by atoms with van der Waals surface area (Å²) in [5.74, 6) is 0.00383. The van der Waals surface area contributed by atoms with Crippen molar-refractivity contribution >= 4 is 39.4 Å². The highest BCUT2D eigenvalue weighted by molar-refractivity contribution is 7.92. The number of methoxy groups -OCH3 is 2. The number of amides is 1. The SMILES string of the molecule is COc1ccc(S(=O)(=O)N(CC(=O)N/N=C\c2ccccc2Cl)c2ccc(C)cc2)cc1OC. The van der Waals surface area contributed by atoms with Gasteiger partial charge in [0.15, 0.2) is 11.5 Å². The molecule has 0 aliphatic carbocycles. The Bertz CT molecular complexity index is 1290. The van der Waals surface area contributed by atoms with Crippen molar-refractivity contribution in [2.45, 2.75) is 11.8 Å². The van der Waals surface area contributed by atoms with Crippen molar-refractivity contribution in [1.82, 2.24) is 5.43 Å². The van der Waals surface area contributed by atoms with Crippen molar-refractivity contribution < 1.29 is 22.7 Å². The van der Waals surface area contributed by atoms with Gasteiger partial charge in [-0.15, -0.1) is 0 Å². The number of carbonyl (C=O) groups excluding carboxylic acids is 1. The van der Waals surface area contributed by atoms with E-state index in [9.17, 15) is 13.2 Å². The lowest BCUT2D eigenvalue weighted by Crippen LogP contribution is -2.39. The normalized spacial score (nSPS) is 11.3. The van der Waals surface area contributed by atoms with Crippen LogP contribution in [0.25, 0.3) is 0 Å². The first kappa shape index (κ1) is 25.1. The molecule has 3 rings (SSSR count). The van der Waals surface area contributed by atoms with Crippen LogP contribution in [0.3, 0.4) is 0 Å². The maximum Gasteiger partial charge on any atom is 0.264 e. The molecule has 0 radical (unpaired) electrons. The van der Waals surface area contributed by atoms with Crippen LogP contribution in [0, 0.1) is 6.92 Å². The summed E-state index contributed by atoms with van der Waals surface area (Å²) in [4.78, 5) is 12.6. The van der Waals surface area contributed by atoms with Gasteiger partial charge in [-0.05, 0) is 37.3 Å². The molecule has 1 N–H and O–H groups in total. The fraction of sp³-hybridized carbons (Fsp3) is 0.167. The molecule has 0 fully saturated rings. The Morgan fingerprint density at radius 2 is 1.71 bits per heavy atom. The smallest absolute Gasteiger partial charge is 0.264 e. The Morgan fingerprint density at radius 1 is 1.03 bits per heavy atom. The Morgan fingerprint density at radius 3 is 2.35 bits per heavy atom. The van der Waals surface area contributed by atoms with Crippen LogP contribution in [0.5, 0.6) is 11.5 Å². The van der Waals surface area contributed by atoms with Gasteiger partial charge in [0.25, 0.3) is 15.9 Å². The number of nitrogens with one attached hydrogen (secondary N) is 1. The highest BCUT2D eigenvalue weighted by atomic mass is 35.5. The van der Waals surface area contributed by atoms with Gasteiger partial charge in [-0.2, -0.15) is 5.10 Å². The molecule has 1 amide bonds. The van der Waals surface area contributed by atoms with Crippen molar-refractivity contribution in [2.75, 3.05) is 25.1 Å². The van der Waals surface area contributed by atoms with Crippen molar-refractivity contribution in [2.24, 2.45) is 5.10 Å². The summed E-state index contributed by atoms with van der Waals surface area (Å²) in [5, 5.41) is 4.37. The number of hydrogen-bond acceptors (Lipinski definition) is 6. The van der Waals surface area contributed by atoms with Crippen molar-refractivity contribution in [1.29, 1.82) is 0 Å². The van der Waals surface area contributed by atoms with Crippen LogP contribution < -0.4 is 19.2 Å². The van der Waals surface area contributed by atoms with Crippen LogP contribution in [0.15, 0.2) is 76.7 Å². The van der Waals surface area contributed by atoms with E-state index in [0.717, 1.165) is 9.87 Å². The standard InChI is InChI=1S/C24H24ClN3O5S/c1-17-8-10-19(11-9-17)28(16-24(29)27-26-15-18-6-4-5-7-21(18)25)34(30,31)20-12-13-22(32-2)23(14-20)33-3/h4-15H,16H2,1-3H3,(H,27,29)/b26-15-. The predicted octanol–water partition coefficient (Wildman–Crippen LogP) is 4.01. The van der Waals surface area contributed by atoms with Crippen LogP contribution >= 0.6 is 11.6 Å². The fourth-order valence-electron chi connectivity index (χ4n) is 3.05. The third-order valence-electron chi connectivity index (χ3n) is 4.85. The number of halogens is 1. The molecular weight excluding hydrogens is 478 g/mol. The molecule has 3 aromatic carbocycles. The number of sulfonamides is 1. The molecule has 10 heteroatoms. The number of hydrazone groups is 1. The average molecular weight is 502 g/mol. The lowest BCUT2D eigenvalue weighted by atomic mass is 10.2. The minimum Gasteiger partial charge on any atom is -0.493 e. The third-order valence-corrected chi connectivity index (χ3v) is 6.96. The molecule has 34 heavy (non-hydrogen) atoms. The van der Waals surface area contributed by atoms with Gasteiger partial charge in [0.1, 0.15) is 6.54 Å². The number of carbonyl (C=O) groups is 1. The first-order valence-electron chi connectivity index (χ1n) is 10.1. The highest BCUT2D eigenvalue weighted by Crippen LogP contribution is 2.32. The minimum absolute atomic E-state index is 0.0573. The van der Waals surface area contributed by atoms with E-state index in [1.54, 1.807) is 48.5 Å². The third kappa shape index (κ3) is 5.86. The number of nitrogens with zero attached hydrogens (tertiary/aromatic N) is 2. The number of benzene rings is 3. The lowest BCUT2D eigenvalue weighted by molar-refractivity contribution is -0.119. The van der Waals surface area contributed by atoms with E-state index in [2.05, 4.69) is 10.5 Å². The topological polar surface area (TPSA) is 97.3 Å². The van der Waals surface area contributed by atoms with Gasteiger partial charge in [-0.25, -0.2) is 13.8 Å². The minimum atomic E-state index is -4.14. The Balaban J connectivity index is 1.90. The van der Waals surface area contributed by atoms with E-state index in [1.807, 2.05) is 6.92 Å². The molecule has 0 heterocycles. The van der Waals surface area contributed by atoms with Gasteiger partial charge in [-0.3, -0.25) is 9.10 Å². The Labute approximate surface area is 203 Å². The summed E-state index contributed by atoms with van der Waals surface area (Å²) in [5.41, 5.74) is 4.23. The highest BCUT2D eigenvalue weighted by Gasteiger charge is 2.28. The van der Waals surface area contributed by atoms with Crippen LogP contribution in [0.2, 0.25) is 5.02 Å². The summed E-state index contributed by atoms with van der Waals surface area (Å²) in [7, 11) is -1.27. The summed E-state index contributed by atoms with van der Waals surface area (Å²) in [6.07, 6.45) is 1.39. The molecule has 0 bridgehead atoms. The van der Waals surface area contributed by atoms with E-state index >= 15 is 0 Å². The van der Waals surface area contributed by atoms with Crippen molar-refractivity contribution in [3.8, 4) is 11.5 Å². The van der Waals surface area contributed by atoms with Gasteiger partial charge in [0.2, 0.25) is 0 Å². The molecule has 0 unspecified atom stereocenters. The van der Waals surface area contributed by atoms with Gasteiger partial charge in [-0.1, -0.05) is 47.5 Å². The van der Waals surface area contributed by atoms with Gasteiger partial charge in [0.05, 0.1) is 31.0 Å². The molecule has 8 nitrogen and oxygen atoms in total. The van der Waals surface area contributed by atoms with E-state index in [0.29, 0.717) is 22.0 Å². The second-order valence-corrected chi connectivity index (χ2v) is 9.45. The number of aryl methyl sites for hydroxylation is 1. The maximum atomic E-state index is 13.6. The number of anilines is 1. The molecule has 3 aromatic rings. The van der Waals surface area contributed by atoms with Crippen molar-refractivity contribution in [3.63, 3.8) is 0 Å². The lowest BCUT2D eigenvalue weighted by Gasteiger charge is -2.24. The zero-order chi connectivity index (χ0) is 24.7. The van der Waals surface area contributed by atoms with E-state index in [1.165, 1.54) is 38.6 Å². The number of ether oxygens (including phenoxy) is 2. The molecule has 0 saturated carbocycles. The van der Waals surface area contributed by atoms with Gasteiger partial charge < -0.3 is 9.47 Å². The summed E-state index contributed by atoms with van der Waals surface area (Å²) < 4.78 is 38.6. The molecule has 0 aliphatic heterocycles. The van der Waals surface area contributed by atoms with Crippen LogP contribution in [-0.4, -0.2) is 41.3 Å². The monoisotopic (exact) mass is 501 g/mol. The second kappa shape index (κ2) is 11.0. The predicted molar refractivity (Wildman–Crippen MR) is 132 cm³/mol. The summed E-state index contributed by atoms with van der Waals surface area (Å²) in [6, 6.07) is 18.0. The Kier molecular flexibility index (Phi) is 8.14. The largest absolute Gasteiger partial charge is 0.493 e. The van der Waals surface area contributed by atoms with E-state index < -0.39 is 22.5 Å². The second-order valence-electron chi connectivity index (χ2n) is 7.18. The van der Waals surface area contributed by atoms with Crippen LogP contribution in [0.1, 0.15) is 11.1 Å².